The summed E-state index contributed by atoms with van der Waals surface area (Å²) in [6, 6.07) is 19.9. The highest BCUT2D eigenvalue weighted by molar-refractivity contribution is 6.12. The molecule has 0 unspecified atom stereocenters. The molecule has 0 spiro atoms. The number of pyridine rings is 2. The SMILES string of the molecule is c1ccc2c(c1)ccc1ncnc(-c3ccnc(-c4nc5cccnc5o4)c3)c12. The van der Waals surface area contributed by atoms with E-state index in [1.165, 1.54) is 0 Å². The molecular weight excluding hydrogens is 362 g/mol. The predicted octanol–water partition coefficient (Wildman–Crippen LogP) is 5.05. The maximum absolute atomic E-state index is 5.79. The fraction of sp³-hybridized carbons (Fsp3) is 0. The van der Waals surface area contributed by atoms with Gasteiger partial charge in [-0.2, -0.15) is 0 Å². The number of benzene rings is 2. The summed E-state index contributed by atoms with van der Waals surface area (Å²) in [7, 11) is 0. The van der Waals surface area contributed by atoms with E-state index in [9.17, 15) is 0 Å². The predicted molar refractivity (Wildman–Crippen MR) is 111 cm³/mol. The van der Waals surface area contributed by atoms with E-state index < -0.39 is 0 Å². The molecule has 0 aliphatic rings. The molecule has 0 aliphatic carbocycles. The average molecular weight is 375 g/mol. The lowest BCUT2D eigenvalue weighted by Gasteiger charge is -2.09. The lowest BCUT2D eigenvalue weighted by Crippen LogP contribution is -1.92. The van der Waals surface area contributed by atoms with Crippen LogP contribution in [-0.4, -0.2) is 24.9 Å². The van der Waals surface area contributed by atoms with Crippen LogP contribution in [0.5, 0.6) is 0 Å². The van der Waals surface area contributed by atoms with Gasteiger partial charge in [0.2, 0.25) is 11.6 Å². The van der Waals surface area contributed by atoms with Crippen molar-refractivity contribution >= 4 is 32.9 Å². The van der Waals surface area contributed by atoms with Crippen LogP contribution >= 0.6 is 0 Å². The van der Waals surface area contributed by atoms with Crippen LogP contribution in [0.1, 0.15) is 0 Å². The topological polar surface area (TPSA) is 77.6 Å². The van der Waals surface area contributed by atoms with E-state index >= 15 is 0 Å². The summed E-state index contributed by atoms with van der Waals surface area (Å²) in [5.74, 6) is 0.434. The van der Waals surface area contributed by atoms with Gasteiger partial charge in [0.05, 0.1) is 11.2 Å². The van der Waals surface area contributed by atoms with E-state index in [2.05, 4.69) is 43.1 Å². The highest BCUT2D eigenvalue weighted by Gasteiger charge is 2.14. The van der Waals surface area contributed by atoms with Crippen molar-refractivity contribution in [2.24, 2.45) is 0 Å². The Kier molecular flexibility index (Phi) is 3.37. The van der Waals surface area contributed by atoms with Crippen LogP contribution in [-0.2, 0) is 0 Å². The van der Waals surface area contributed by atoms with Crippen molar-refractivity contribution in [3.05, 3.63) is 79.4 Å². The zero-order chi connectivity index (χ0) is 19.2. The molecule has 0 fully saturated rings. The Morgan fingerprint density at radius 1 is 0.724 bits per heavy atom. The molecule has 6 aromatic rings. The molecule has 0 saturated heterocycles. The smallest absolute Gasteiger partial charge is 0.248 e. The van der Waals surface area contributed by atoms with Gasteiger partial charge in [0.15, 0.2) is 0 Å². The van der Waals surface area contributed by atoms with E-state index in [-0.39, 0.29) is 0 Å². The Balaban J connectivity index is 1.59. The Labute approximate surface area is 164 Å². The van der Waals surface area contributed by atoms with Crippen molar-refractivity contribution in [2.75, 3.05) is 0 Å². The highest BCUT2D eigenvalue weighted by atomic mass is 16.4. The number of fused-ring (bicyclic) bond motifs is 4. The number of rotatable bonds is 2. The fourth-order valence-corrected chi connectivity index (χ4v) is 3.62. The van der Waals surface area contributed by atoms with Gasteiger partial charge in [0, 0.05) is 23.3 Å². The quantitative estimate of drug-likeness (QED) is 0.394. The van der Waals surface area contributed by atoms with Gasteiger partial charge in [0.1, 0.15) is 17.5 Å². The average Bonchev–Trinajstić information content (AvgIpc) is 3.23. The second-order valence-corrected chi connectivity index (χ2v) is 6.68. The maximum Gasteiger partial charge on any atom is 0.248 e. The molecule has 0 aliphatic heterocycles. The van der Waals surface area contributed by atoms with Gasteiger partial charge in [-0.3, -0.25) is 4.98 Å². The first-order valence-electron chi connectivity index (χ1n) is 9.18. The number of oxazole rings is 1. The number of hydrogen-bond donors (Lipinski definition) is 0. The standard InChI is InChI=1S/C23H13N5O/c1-2-5-16-14(4-1)7-8-17-20(16)21(27-13-26-17)15-9-11-24-19(12-15)23-28-18-6-3-10-25-22(18)29-23/h1-13H. The van der Waals surface area contributed by atoms with Crippen LogP contribution in [0.3, 0.4) is 0 Å². The second kappa shape index (κ2) is 6.17. The lowest BCUT2D eigenvalue weighted by molar-refractivity contribution is 0.605. The van der Waals surface area contributed by atoms with Gasteiger partial charge in [-0.05, 0) is 41.1 Å². The second-order valence-electron chi connectivity index (χ2n) is 6.68. The summed E-state index contributed by atoms with van der Waals surface area (Å²) in [4.78, 5) is 22.2. The van der Waals surface area contributed by atoms with Crippen molar-refractivity contribution in [1.82, 2.24) is 24.9 Å². The third-order valence-corrected chi connectivity index (χ3v) is 4.95. The summed E-state index contributed by atoms with van der Waals surface area (Å²) < 4.78 is 5.79. The molecule has 0 atom stereocenters. The largest absolute Gasteiger partial charge is 0.416 e. The van der Waals surface area contributed by atoms with Crippen LogP contribution in [0.25, 0.3) is 55.7 Å². The van der Waals surface area contributed by atoms with Gasteiger partial charge in [-0.15, -0.1) is 0 Å². The number of aromatic nitrogens is 5. The van der Waals surface area contributed by atoms with Gasteiger partial charge < -0.3 is 4.42 Å². The Bertz CT molecular complexity index is 1490. The van der Waals surface area contributed by atoms with Gasteiger partial charge >= 0.3 is 0 Å². The van der Waals surface area contributed by atoms with Crippen LogP contribution < -0.4 is 0 Å². The lowest BCUT2D eigenvalue weighted by atomic mass is 10.0. The summed E-state index contributed by atoms with van der Waals surface area (Å²) in [5, 5.41) is 3.28. The van der Waals surface area contributed by atoms with E-state index in [1.54, 1.807) is 18.7 Å². The summed E-state index contributed by atoms with van der Waals surface area (Å²) in [6.45, 7) is 0. The van der Waals surface area contributed by atoms with E-state index in [4.69, 9.17) is 4.42 Å². The monoisotopic (exact) mass is 375 g/mol. The fourth-order valence-electron chi connectivity index (χ4n) is 3.62. The number of hydrogen-bond acceptors (Lipinski definition) is 6. The first-order chi connectivity index (χ1) is 14.4. The van der Waals surface area contributed by atoms with Crippen LogP contribution in [0, 0.1) is 0 Å². The molecule has 0 radical (unpaired) electrons. The van der Waals surface area contributed by atoms with Crippen LogP contribution in [0.4, 0.5) is 0 Å². The van der Waals surface area contributed by atoms with E-state index in [0.29, 0.717) is 22.8 Å². The van der Waals surface area contributed by atoms with Crippen molar-refractivity contribution in [1.29, 1.82) is 0 Å². The molecule has 29 heavy (non-hydrogen) atoms. The van der Waals surface area contributed by atoms with Crippen LogP contribution in [0.15, 0.2) is 83.8 Å². The highest BCUT2D eigenvalue weighted by Crippen LogP contribution is 2.33. The molecular formula is C23H13N5O. The minimum atomic E-state index is 0.434. The molecule has 0 N–H and O–H groups in total. The molecule has 4 aromatic heterocycles. The molecule has 0 amide bonds. The maximum atomic E-state index is 5.79. The van der Waals surface area contributed by atoms with Crippen molar-refractivity contribution in [2.45, 2.75) is 0 Å². The Morgan fingerprint density at radius 3 is 2.66 bits per heavy atom. The molecule has 136 valence electrons. The zero-order valence-electron chi connectivity index (χ0n) is 15.1. The van der Waals surface area contributed by atoms with E-state index in [0.717, 1.165) is 32.9 Å². The van der Waals surface area contributed by atoms with Gasteiger partial charge in [-0.25, -0.2) is 19.9 Å². The number of nitrogens with zero attached hydrogens (tertiary/aromatic N) is 5. The van der Waals surface area contributed by atoms with Gasteiger partial charge in [-0.1, -0.05) is 30.3 Å². The molecule has 6 nitrogen and oxygen atoms in total. The molecule has 2 aromatic carbocycles. The van der Waals surface area contributed by atoms with E-state index in [1.807, 2.05) is 42.5 Å². The van der Waals surface area contributed by atoms with Crippen molar-refractivity contribution in [3.8, 4) is 22.8 Å². The first kappa shape index (κ1) is 15.8. The molecule has 0 saturated carbocycles. The normalized spacial score (nSPS) is 11.4. The minimum absolute atomic E-state index is 0.434. The Hall–Kier alpha value is -4.19. The molecule has 6 rings (SSSR count). The summed E-state index contributed by atoms with van der Waals surface area (Å²) in [5.41, 5.74) is 4.51. The third-order valence-electron chi connectivity index (χ3n) is 4.95. The van der Waals surface area contributed by atoms with Crippen molar-refractivity contribution < 1.29 is 4.42 Å². The molecule has 6 heteroatoms. The zero-order valence-corrected chi connectivity index (χ0v) is 15.1. The molecule has 0 bridgehead atoms. The Morgan fingerprint density at radius 2 is 1.69 bits per heavy atom. The first-order valence-corrected chi connectivity index (χ1v) is 9.18. The van der Waals surface area contributed by atoms with Gasteiger partial charge in [0.25, 0.3) is 0 Å². The third kappa shape index (κ3) is 2.54. The van der Waals surface area contributed by atoms with Crippen molar-refractivity contribution in [3.63, 3.8) is 0 Å². The summed E-state index contributed by atoms with van der Waals surface area (Å²) >= 11 is 0. The summed E-state index contributed by atoms with van der Waals surface area (Å²) in [6.07, 6.45) is 5.02. The minimum Gasteiger partial charge on any atom is -0.416 e. The molecule has 4 heterocycles. The van der Waals surface area contributed by atoms with Crippen LogP contribution in [0.2, 0.25) is 0 Å².